The van der Waals surface area contributed by atoms with Crippen LogP contribution in [-0.2, 0) is 13.1 Å². The third-order valence-electron chi connectivity index (χ3n) is 5.01. The zero-order chi connectivity index (χ0) is 20.5. The summed E-state index contributed by atoms with van der Waals surface area (Å²) in [5.74, 6) is -0.0232. The highest BCUT2D eigenvalue weighted by Gasteiger charge is 2.19. The Morgan fingerprint density at radius 1 is 1.10 bits per heavy atom. The fourth-order valence-corrected chi connectivity index (χ4v) is 3.33. The lowest BCUT2D eigenvalue weighted by atomic mass is 10.1. The average Bonchev–Trinajstić information content (AvgIpc) is 2.68. The summed E-state index contributed by atoms with van der Waals surface area (Å²) >= 11 is 0. The van der Waals surface area contributed by atoms with Gasteiger partial charge in [0, 0.05) is 25.2 Å². The van der Waals surface area contributed by atoms with Crippen LogP contribution in [0, 0.1) is 19.7 Å². The van der Waals surface area contributed by atoms with Gasteiger partial charge < -0.3 is 9.88 Å². The Morgan fingerprint density at radius 2 is 1.86 bits per heavy atom. The largest absolute Gasteiger partial charge is 0.349 e. The molecule has 0 saturated carbocycles. The van der Waals surface area contributed by atoms with Gasteiger partial charge >= 0.3 is 5.69 Å². The van der Waals surface area contributed by atoms with E-state index in [1.165, 1.54) is 6.07 Å². The number of fused-ring (bicyclic) bond motifs is 2. The van der Waals surface area contributed by atoms with Crippen LogP contribution < -0.4 is 16.6 Å². The molecule has 2 N–H and O–H groups in total. The Bertz CT molecular complexity index is 1290. The fourth-order valence-electron chi connectivity index (χ4n) is 3.33. The number of benzene rings is 2. The van der Waals surface area contributed by atoms with Gasteiger partial charge in [0.15, 0.2) is 11.5 Å². The summed E-state index contributed by atoms with van der Waals surface area (Å²) in [7, 11) is 0. The predicted molar refractivity (Wildman–Crippen MR) is 109 cm³/mol. The summed E-state index contributed by atoms with van der Waals surface area (Å²) < 4.78 is 15.6. The van der Waals surface area contributed by atoms with E-state index < -0.39 is 11.2 Å². The molecule has 0 saturated heterocycles. The Hall–Kier alpha value is -3.39. The van der Waals surface area contributed by atoms with E-state index in [-0.39, 0.29) is 17.3 Å². The van der Waals surface area contributed by atoms with Gasteiger partial charge in [0.25, 0.3) is 5.56 Å². The predicted octanol–water partition coefficient (Wildman–Crippen LogP) is 2.13. The zero-order valence-corrected chi connectivity index (χ0v) is 16.1. The molecule has 0 bridgehead atoms. The maximum atomic E-state index is 13.8. The van der Waals surface area contributed by atoms with E-state index in [9.17, 15) is 14.0 Å². The van der Waals surface area contributed by atoms with Gasteiger partial charge in [0.2, 0.25) is 0 Å². The number of hydrogen-bond donors (Lipinski definition) is 2. The number of hydrogen-bond acceptors (Lipinski definition) is 5. The van der Waals surface area contributed by atoms with E-state index in [4.69, 9.17) is 0 Å². The first-order valence-corrected chi connectivity index (χ1v) is 9.30. The van der Waals surface area contributed by atoms with E-state index in [0.717, 1.165) is 16.6 Å². The van der Waals surface area contributed by atoms with E-state index in [0.29, 0.717) is 30.7 Å². The summed E-state index contributed by atoms with van der Waals surface area (Å²) in [5.41, 5.74) is 2.98. The number of aryl methyl sites for hydroxylation is 2. The standard InChI is InChI=1S/C21H20FN5O2/c1-12-9-16-17(10-13(12)2)27(19-18(24-16)20(28)26-21(29)25-19)8-7-23-11-14-5-3-4-6-15(14)22/h3-6,9-10,23H,7-8,11H2,1-2H3,(H,26,28,29). The Morgan fingerprint density at radius 3 is 2.66 bits per heavy atom. The fraction of sp³-hybridized carbons (Fsp3) is 0.238. The van der Waals surface area contributed by atoms with Gasteiger partial charge in [0.1, 0.15) is 5.82 Å². The lowest BCUT2D eigenvalue weighted by Gasteiger charge is -2.18. The molecule has 148 valence electrons. The molecule has 0 aromatic heterocycles. The molecule has 0 spiro atoms. The summed E-state index contributed by atoms with van der Waals surface area (Å²) in [4.78, 5) is 34.7. The molecule has 7 nitrogen and oxygen atoms in total. The van der Waals surface area contributed by atoms with Crippen LogP contribution in [0.3, 0.4) is 0 Å². The molecular weight excluding hydrogens is 373 g/mol. The number of nitrogens with zero attached hydrogens (tertiary/aromatic N) is 3. The first-order valence-electron chi connectivity index (χ1n) is 9.30. The van der Waals surface area contributed by atoms with Crippen molar-refractivity contribution in [3.63, 3.8) is 0 Å². The second-order valence-electron chi connectivity index (χ2n) is 7.00. The van der Waals surface area contributed by atoms with Crippen molar-refractivity contribution < 1.29 is 4.39 Å². The van der Waals surface area contributed by atoms with Crippen LogP contribution in [0.1, 0.15) is 16.7 Å². The molecular formula is C21H20FN5O2. The molecule has 0 unspecified atom stereocenters. The smallest absolute Gasteiger partial charge is 0.321 e. The normalized spacial score (nSPS) is 11.4. The summed E-state index contributed by atoms with van der Waals surface area (Å²) in [5, 5.41) is 3.20. The molecule has 2 heterocycles. The van der Waals surface area contributed by atoms with Gasteiger partial charge in [-0.25, -0.2) is 14.2 Å². The van der Waals surface area contributed by atoms with Crippen molar-refractivity contribution in [3.05, 3.63) is 79.7 Å². The molecule has 29 heavy (non-hydrogen) atoms. The lowest BCUT2D eigenvalue weighted by molar-refractivity contribution is 0.567. The van der Waals surface area contributed by atoms with Gasteiger partial charge in [-0.1, -0.05) is 18.2 Å². The zero-order valence-electron chi connectivity index (χ0n) is 16.1. The molecule has 2 aliphatic heterocycles. The first-order chi connectivity index (χ1) is 13.9. The van der Waals surface area contributed by atoms with Crippen LogP contribution in [0.25, 0.3) is 22.6 Å². The highest BCUT2D eigenvalue weighted by molar-refractivity contribution is 5.81. The molecule has 0 radical (unpaired) electrons. The average molecular weight is 393 g/mol. The van der Waals surface area contributed by atoms with Gasteiger partial charge in [-0.3, -0.25) is 9.78 Å². The minimum atomic E-state index is -0.708. The first kappa shape index (κ1) is 18.9. The summed E-state index contributed by atoms with van der Waals surface area (Å²) in [6.45, 7) is 5.26. The minimum absolute atomic E-state index is 0.120. The molecule has 0 aliphatic carbocycles. The highest BCUT2D eigenvalue weighted by atomic mass is 19.1. The summed E-state index contributed by atoms with van der Waals surface area (Å²) in [6, 6.07) is 10.5. The Kier molecular flexibility index (Phi) is 4.94. The molecule has 0 atom stereocenters. The van der Waals surface area contributed by atoms with Gasteiger partial charge in [-0.2, -0.15) is 4.98 Å². The highest BCUT2D eigenvalue weighted by Crippen LogP contribution is 2.23. The minimum Gasteiger partial charge on any atom is -0.321 e. The molecule has 2 aromatic rings. The van der Waals surface area contributed by atoms with Crippen LogP contribution in [0.15, 0.2) is 46.0 Å². The second-order valence-corrected chi connectivity index (χ2v) is 7.00. The maximum absolute atomic E-state index is 13.8. The molecule has 8 heteroatoms. The van der Waals surface area contributed by atoms with E-state index in [1.54, 1.807) is 18.2 Å². The SMILES string of the molecule is Cc1cc2nc3c(=O)[nH]c(=O)nc-3n(CCNCc3ccccc3F)c2cc1C. The van der Waals surface area contributed by atoms with Crippen molar-refractivity contribution in [3.8, 4) is 11.5 Å². The van der Waals surface area contributed by atoms with Crippen molar-refractivity contribution in [1.29, 1.82) is 0 Å². The third-order valence-corrected chi connectivity index (χ3v) is 5.01. The third kappa shape index (κ3) is 3.66. The van der Waals surface area contributed by atoms with Crippen molar-refractivity contribution in [2.24, 2.45) is 0 Å². The van der Waals surface area contributed by atoms with Crippen molar-refractivity contribution >= 4 is 11.0 Å². The number of aromatic amines is 1. The monoisotopic (exact) mass is 393 g/mol. The Balaban J connectivity index is 1.72. The second kappa shape index (κ2) is 7.56. The van der Waals surface area contributed by atoms with Crippen LogP contribution in [-0.4, -0.2) is 26.1 Å². The molecule has 0 fully saturated rings. The van der Waals surface area contributed by atoms with Crippen LogP contribution in [0.2, 0.25) is 0 Å². The van der Waals surface area contributed by atoms with Crippen LogP contribution in [0.4, 0.5) is 4.39 Å². The quantitative estimate of drug-likeness (QED) is 0.400. The van der Waals surface area contributed by atoms with E-state index >= 15 is 0 Å². The van der Waals surface area contributed by atoms with Gasteiger partial charge in [-0.15, -0.1) is 0 Å². The lowest BCUT2D eigenvalue weighted by Crippen LogP contribution is -2.30. The molecule has 2 aliphatic rings. The topological polar surface area (TPSA) is 92.7 Å². The van der Waals surface area contributed by atoms with Gasteiger partial charge in [-0.05, 0) is 43.2 Å². The van der Waals surface area contributed by atoms with Gasteiger partial charge in [0.05, 0.1) is 11.0 Å². The molecule has 0 amide bonds. The van der Waals surface area contributed by atoms with Crippen molar-refractivity contribution in [1.82, 2.24) is 24.8 Å². The van der Waals surface area contributed by atoms with Crippen LogP contribution >= 0.6 is 0 Å². The number of aromatic nitrogens is 4. The van der Waals surface area contributed by atoms with Crippen LogP contribution in [0.5, 0.6) is 0 Å². The summed E-state index contributed by atoms with van der Waals surface area (Å²) in [6.07, 6.45) is 0. The molecule has 4 rings (SSSR count). The van der Waals surface area contributed by atoms with E-state index in [1.807, 2.05) is 30.5 Å². The molecule has 2 aromatic carbocycles. The van der Waals surface area contributed by atoms with E-state index in [2.05, 4.69) is 20.3 Å². The maximum Gasteiger partial charge on any atom is 0.349 e. The Labute approximate surface area is 165 Å². The number of nitrogens with one attached hydrogen (secondary N) is 2. The van der Waals surface area contributed by atoms with Crippen molar-refractivity contribution in [2.45, 2.75) is 26.9 Å². The number of halogens is 1. The number of rotatable bonds is 5. The number of H-pyrrole nitrogens is 1. The van der Waals surface area contributed by atoms with Crippen molar-refractivity contribution in [2.75, 3.05) is 6.54 Å².